The highest BCUT2D eigenvalue weighted by atomic mass is 35.5. The number of methoxy groups -OCH3 is 2. The maximum Gasteiger partial charge on any atom is 0.161 e. The molecule has 0 aliphatic carbocycles. The van der Waals surface area contributed by atoms with E-state index in [4.69, 9.17) is 9.47 Å². The van der Waals surface area contributed by atoms with Crippen LogP contribution >= 0.6 is 24.8 Å². The van der Waals surface area contributed by atoms with Crippen LogP contribution in [0.4, 0.5) is 0 Å². The first-order valence-electron chi connectivity index (χ1n) is 9.39. The molecule has 1 aromatic rings. The average Bonchev–Trinajstić information content (AvgIpc) is 2.62. The first kappa shape index (κ1) is 27.5. The average molecular weight is 409 g/mol. The van der Waals surface area contributed by atoms with E-state index in [0.717, 1.165) is 24.6 Å². The molecule has 0 aromatic heterocycles. The number of ether oxygens (including phenoxy) is 2. The molecule has 0 atom stereocenters. The van der Waals surface area contributed by atoms with Crippen LogP contribution < -0.4 is 14.8 Å². The van der Waals surface area contributed by atoms with Crippen LogP contribution in [0.3, 0.4) is 0 Å². The quantitative estimate of drug-likeness (QED) is 0.442. The molecule has 4 nitrogen and oxygen atoms in total. The van der Waals surface area contributed by atoms with E-state index in [0.29, 0.717) is 0 Å². The number of halogens is 2. The SMILES string of the molecule is CCCCN(CCCC)CCCNCc1ccc(OC)c(OC)c1.Cl.Cl. The van der Waals surface area contributed by atoms with Crippen molar-refractivity contribution in [3.05, 3.63) is 23.8 Å². The Hall–Kier alpha value is -0.680. The number of hydrogen-bond acceptors (Lipinski definition) is 4. The van der Waals surface area contributed by atoms with Crippen LogP contribution in [-0.4, -0.2) is 45.3 Å². The molecular weight excluding hydrogens is 371 g/mol. The normalized spacial score (nSPS) is 10.2. The number of nitrogens with one attached hydrogen (secondary N) is 1. The smallest absolute Gasteiger partial charge is 0.161 e. The number of unbranched alkanes of at least 4 members (excludes halogenated alkanes) is 2. The van der Waals surface area contributed by atoms with Gasteiger partial charge in [-0.2, -0.15) is 0 Å². The summed E-state index contributed by atoms with van der Waals surface area (Å²) in [5.74, 6) is 1.57. The first-order valence-corrected chi connectivity index (χ1v) is 9.39. The van der Waals surface area contributed by atoms with Gasteiger partial charge in [0.25, 0.3) is 0 Å². The van der Waals surface area contributed by atoms with Gasteiger partial charge in [-0.3, -0.25) is 0 Å². The lowest BCUT2D eigenvalue weighted by Crippen LogP contribution is -2.29. The van der Waals surface area contributed by atoms with Crippen molar-refractivity contribution in [3.8, 4) is 11.5 Å². The van der Waals surface area contributed by atoms with Gasteiger partial charge in [0.15, 0.2) is 11.5 Å². The van der Waals surface area contributed by atoms with Gasteiger partial charge in [-0.25, -0.2) is 0 Å². The summed E-state index contributed by atoms with van der Waals surface area (Å²) in [6.07, 6.45) is 6.37. The Labute approximate surface area is 172 Å². The minimum absolute atomic E-state index is 0. The van der Waals surface area contributed by atoms with Crippen molar-refractivity contribution in [2.45, 2.75) is 52.5 Å². The second-order valence-electron chi connectivity index (χ2n) is 6.27. The van der Waals surface area contributed by atoms with Crippen LogP contribution in [-0.2, 0) is 6.54 Å². The molecule has 0 saturated carbocycles. The summed E-state index contributed by atoms with van der Waals surface area (Å²) in [6, 6.07) is 6.09. The third-order valence-electron chi connectivity index (χ3n) is 4.26. The molecule has 6 heteroatoms. The van der Waals surface area contributed by atoms with Gasteiger partial charge in [-0.15, -0.1) is 24.8 Å². The Bertz CT molecular complexity index is 440. The maximum atomic E-state index is 5.35. The molecule has 0 amide bonds. The number of hydrogen-bond donors (Lipinski definition) is 1. The molecule has 154 valence electrons. The van der Waals surface area contributed by atoms with Crippen molar-refractivity contribution in [2.75, 3.05) is 40.4 Å². The molecule has 26 heavy (non-hydrogen) atoms. The zero-order valence-corrected chi connectivity index (χ0v) is 18.5. The topological polar surface area (TPSA) is 33.7 Å². The zero-order valence-electron chi connectivity index (χ0n) is 16.9. The largest absolute Gasteiger partial charge is 0.493 e. The summed E-state index contributed by atoms with van der Waals surface area (Å²) in [7, 11) is 3.34. The molecule has 0 heterocycles. The molecule has 0 radical (unpaired) electrons. The molecule has 1 rings (SSSR count). The molecule has 0 aliphatic heterocycles. The highest BCUT2D eigenvalue weighted by Crippen LogP contribution is 2.27. The fourth-order valence-corrected chi connectivity index (χ4v) is 2.75. The van der Waals surface area contributed by atoms with Gasteiger partial charge in [0.2, 0.25) is 0 Å². The van der Waals surface area contributed by atoms with Gasteiger partial charge in [-0.1, -0.05) is 32.8 Å². The predicted molar refractivity (Wildman–Crippen MR) is 117 cm³/mol. The van der Waals surface area contributed by atoms with Crippen LogP contribution in [0.1, 0.15) is 51.5 Å². The van der Waals surface area contributed by atoms with E-state index in [2.05, 4.69) is 30.1 Å². The van der Waals surface area contributed by atoms with E-state index in [1.54, 1.807) is 14.2 Å². The highest BCUT2D eigenvalue weighted by Gasteiger charge is 2.05. The van der Waals surface area contributed by atoms with E-state index < -0.39 is 0 Å². The van der Waals surface area contributed by atoms with Crippen LogP contribution in [0.5, 0.6) is 11.5 Å². The summed E-state index contributed by atoms with van der Waals surface area (Å²) in [5.41, 5.74) is 1.22. The van der Waals surface area contributed by atoms with Gasteiger partial charge >= 0.3 is 0 Å². The fraction of sp³-hybridized carbons (Fsp3) is 0.700. The van der Waals surface area contributed by atoms with E-state index >= 15 is 0 Å². The van der Waals surface area contributed by atoms with Gasteiger partial charge in [0.1, 0.15) is 0 Å². The molecule has 1 N–H and O–H groups in total. The van der Waals surface area contributed by atoms with Crippen LogP contribution in [0.15, 0.2) is 18.2 Å². The fourth-order valence-electron chi connectivity index (χ4n) is 2.75. The molecular formula is C20H38Cl2N2O2. The summed E-state index contributed by atoms with van der Waals surface area (Å²) >= 11 is 0. The van der Waals surface area contributed by atoms with Crippen molar-refractivity contribution in [1.29, 1.82) is 0 Å². The molecule has 0 saturated heterocycles. The summed E-state index contributed by atoms with van der Waals surface area (Å²) < 4.78 is 10.6. The Kier molecular flexibility index (Phi) is 18.8. The molecule has 0 aliphatic rings. The lowest BCUT2D eigenvalue weighted by Gasteiger charge is -2.22. The van der Waals surface area contributed by atoms with Crippen molar-refractivity contribution >= 4 is 24.8 Å². The third kappa shape index (κ3) is 11.1. The van der Waals surface area contributed by atoms with Crippen LogP contribution in [0.2, 0.25) is 0 Å². The minimum atomic E-state index is 0. The molecule has 0 bridgehead atoms. The number of nitrogens with zero attached hydrogens (tertiary/aromatic N) is 1. The van der Waals surface area contributed by atoms with Crippen molar-refractivity contribution in [3.63, 3.8) is 0 Å². The highest BCUT2D eigenvalue weighted by molar-refractivity contribution is 5.85. The minimum Gasteiger partial charge on any atom is -0.493 e. The lowest BCUT2D eigenvalue weighted by atomic mass is 10.2. The summed E-state index contributed by atoms with van der Waals surface area (Å²) in [4.78, 5) is 2.62. The second-order valence-corrected chi connectivity index (χ2v) is 6.27. The van der Waals surface area contributed by atoms with E-state index in [1.807, 2.05) is 12.1 Å². The maximum absolute atomic E-state index is 5.35. The monoisotopic (exact) mass is 408 g/mol. The van der Waals surface area contributed by atoms with Crippen LogP contribution in [0, 0.1) is 0 Å². The van der Waals surface area contributed by atoms with Crippen molar-refractivity contribution in [1.82, 2.24) is 10.2 Å². The van der Waals surface area contributed by atoms with E-state index in [9.17, 15) is 0 Å². The van der Waals surface area contributed by atoms with Crippen molar-refractivity contribution in [2.24, 2.45) is 0 Å². The van der Waals surface area contributed by atoms with Gasteiger partial charge in [0.05, 0.1) is 14.2 Å². The number of rotatable bonds is 14. The summed E-state index contributed by atoms with van der Waals surface area (Å²) in [5, 5.41) is 3.53. The second kappa shape index (κ2) is 17.7. The first-order chi connectivity index (χ1) is 11.7. The Morgan fingerprint density at radius 2 is 1.42 bits per heavy atom. The van der Waals surface area contributed by atoms with E-state index in [1.165, 1.54) is 57.3 Å². The Morgan fingerprint density at radius 3 is 1.96 bits per heavy atom. The molecule has 0 unspecified atom stereocenters. The zero-order chi connectivity index (χ0) is 17.6. The van der Waals surface area contributed by atoms with Gasteiger partial charge in [-0.05, 0) is 63.1 Å². The van der Waals surface area contributed by atoms with Crippen LogP contribution in [0.25, 0.3) is 0 Å². The number of benzene rings is 1. The third-order valence-corrected chi connectivity index (χ3v) is 4.26. The Balaban J connectivity index is 0. The predicted octanol–water partition coefficient (Wildman–Crippen LogP) is 4.93. The molecule has 0 fully saturated rings. The Morgan fingerprint density at radius 1 is 0.846 bits per heavy atom. The lowest BCUT2D eigenvalue weighted by molar-refractivity contribution is 0.261. The molecule has 1 aromatic carbocycles. The standard InChI is InChI=1S/C20H36N2O2.2ClH/c1-5-7-13-22(14-8-6-2)15-9-12-21-17-18-10-11-19(23-3)20(16-18)24-4;;/h10-11,16,21H,5-9,12-15,17H2,1-4H3;2*1H. The van der Waals surface area contributed by atoms with Gasteiger partial charge in [0, 0.05) is 6.54 Å². The van der Waals surface area contributed by atoms with Crippen molar-refractivity contribution < 1.29 is 9.47 Å². The van der Waals surface area contributed by atoms with Gasteiger partial charge < -0.3 is 19.7 Å². The summed E-state index contributed by atoms with van der Waals surface area (Å²) in [6.45, 7) is 10.1. The molecule has 0 spiro atoms. The van der Waals surface area contributed by atoms with E-state index in [-0.39, 0.29) is 24.8 Å².